The highest BCUT2D eigenvalue weighted by molar-refractivity contribution is 5.77. The van der Waals surface area contributed by atoms with Crippen LogP contribution in [0.15, 0.2) is 24.5 Å². The monoisotopic (exact) mass is 217 g/mol. The first-order chi connectivity index (χ1) is 7.59. The molecule has 0 unspecified atom stereocenters. The Kier molecular flexibility index (Phi) is 3.93. The zero-order chi connectivity index (χ0) is 12.2. The van der Waals surface area contributed by atoms with Gasteiger partial charge < -0.3 is 0 Å². The molecule has 16 heavy (non-hydrogen) atoms. The third-order valence-corrected chi connectivity index (χ3v) is 2.22. The fourth-order valence-corrected chi connectivity index (χ4v) is 1.50. The van der Waals surface area contributed by atoms with Gasteiger partial charge in [-0.25, -0.2) is 0 Å². The summed E-state index contributed by atoms with van der Waals surface area (Å²) in [7, 11) is 0. The molecule has 0 aliphatic carbocycles. The Morgan fingerprint density at radius 2 is 1.69 bits per heavy atom. The van der Waals surface area contributed by atoms with Gasteiger partial charge in [-0.05, 0) is 23.1 Å². The van der Waals surface area contributed by atoms with E-state index in [0.717, 1.165) is 11.0 Å². The maximum Gasteiger partial charge on any atom is 0.115 e. The molecule has 0 aromatic carbocycles. The van der Waals surface area contributed by atoms with Crippen LogP contribution in [0.4, 0.5) is 0 Å². The highest BCUT2D eigenvalue weighted by atomic mass is 15.1. The maximum atomic E-state index is 4.25. The van der Waals surface area contributed by atoms with Crippen molar-refractivity contribution in [1.29, 1.82) is 0 Å². The summed E-state index contributed by atoms with van der Waals surface area (Å²) in [5.74, 6) is 0. The third kappa shape index (κ3) is 2.54. The predicted molar refractivity (Wildman–Crippen MR) is 67.4 cm³/mol. The molecule has 86 valence electrons. The SMILES string of the molecule is CC.CC(C)(C)c1ccnc2ccnnc12. The molecule has 2 rings (SSSR count). The van der Waals surface area contributed by atoms with E-state index in [9.17, 15) is 0 Å². The molecule has 2 aromatic rings. The molecule has 0 spiro atoms. The van der Waals surface area contributed by atoms with Gasteiger partial charge in [0, 0.05) is 6.20 Å². The molecule has 0 N–H and O–H groups in total. The molecule has 0 bridgehead atoms. The van der Waals surface area contributed by atoms with Crippen LogP contribution in [0.5, 0.6) is 0 Å². The van der Waals surface area contributed by atoms with Gasteiger partial charge in [0.1, 0.15) is 5.52 Å². The van der Waals surface area contributed by atoms with Crippen molar-refractivity contribution < 1.29 is 0 Å². The molecule has 2 heterocycles. The standard InChI is InChI=1S/C11H13N3.C2H6/c1-11(2,3)8-4-6-12-9-5-7-13-14-10(8)9;1-2/h4-7H,1-3H3;1-2H3. The second-order valence-corrected chi connectivity index (χ2v) is 4.37. The Morgan fingerprint density at radius 3 is 2.31 bits per heavy atom. The molecular weight excluding hydrogens is 198 g/mol. The lowest BCUT2D eigenvalue weighted by Crippen LogP contribution is -2.12. The Hall–Kier alpha value is -1.51. The molecule has 0 fully saturated rings. The first-order valence-corrected chi connectivity index (χ1v) is 5.66. The van der Waals surface area contributed by atoms with Gasteiger partial charge in [-0.1, -0.05) is 34.6 Å². The fourth-order valence-electron chi connectivity index (χ4n) is 1.50. The first-order valence-electron chi connectivity index (χ1n) is 5.66. The van der Waals surface area contributed by atoms with Gasteiger partial charge in [0.25, 0.3) is 0 Å². The van der Waals surface area contributed by atoms with Gasteiger partial charge >= 0.3 is 0 Å². The number of rotatable bonds is 0. The average molecular weight is 217 g/mol. The van der Waals surface area contributed by atoms with Crippen molar-refractivity contribution in [2.45, 2.75) is 40.0 Å². The van der Waals surface area contributed by atoms with Gasteiger partial charge in [0.15, 0.2) is 0 Å². The number of pyridine rings is 1. The summed E-state index contributed by atoms with van der Waals surface area (Å²) in [6.45, 7) is 10.5. The van der Waals surface area contributed by atoms with E-state index in [-0.39, 0.29) is 5.41 Å². The van der Waals surface area contributed by atoms with Crippen molar-refractivity contribution in [2.24, 2.45) is 0 Å². The minimum atomic E-state index is 0.0806. The highest BCUT2D eigenvalue weighted by Gasteiger charge is 2.17. The molecular formula is C13H19N3. The lowest BCUT2D eigenvalue weighted by Gasteiger charge is -2.19. The van der Waals surface area contributed by atoms with Gasteiger partial charge in [-0.2, -0.15) is 5.10 Å². The van der Waals surface area contributed by atoms with Crippen LogP contribution >= 0.6 is 0 Å². The van der Waals surface area contributed by atoms with Crippen LogP contribution in [0.2, 0.25) is 0 Å². The minimum Gasteiger partial charge on any atom is -0.254 e. The summed E-state index contributed by atoms with van der Waals surface area (Å²) in [6, 6.07) is 3.90. The van der Waals surface area contributed by atoms with E-state index in [2.05, 4.69) is 36.0 Å². The minimum absolute atomic E-state index is 0.0806. The fraction of sp³-hybridized carbons (Fsp3) is 0.462. The molecule has 3 heteroatoms. The van der Waals surface area contributed by atoms with Crippen molar-refractivity contribution >= 4 is 11.0 Å². The van der Waals surface area contributed by atoms with Gasteiger partial charge in [0.05, 0.1) is 11.7 Å². The summed E-state index contributed by atoms with van der Waals surface area (Å²) in [5, 5.41) is 8.03. The van der Waals surface area contributed by atoms with E-state index < -0.39 is 0 Å². The average Bonchev–Trinajstić information content (AvgIpc) is 2.30. The Morgan fingerprint density at radius 1 is 1.00 bits per heavy atom. The summed E-state index contributed by atoms with van der Waals surface area (Å²) in [5.41, 5.74) is 3.09. The lowest BCUT2D eigenvalue weighted by atomic mass is 9.87. The molecule has 0 aliphatic rings. The van der Waals surface area contributed by atoms with E-state index in [0.29, 0.717) is 0 Å². The maximum absolute atomic E-state index is 4.25. The molecule has 0 saturated carbocycles. The van der Waals surface area contributed by atoms with Crippen LogP contribution < -0.4 is 0 Å². The van der Waals surface area contributed by atoms with Crippen molar-refractivity contribution in [3.8, 4) is 0 Å². The van der Waals surface area contributed by atoms with Crippen molar-refractivity contribution in [3.05, 3.63) is 30.1 Å². The molecule has 3 nitrogen and oxygen atoms in total. The number of nitrogens with zero attached hydrogens (tertiary/aromatic N) is 3. The Bertz CT molecular complexity index is 453. The van der Waals surface area contributed by atoms with Crippen LogP contribution in [-0.4, -0.2) is 15.2 Å². The zero-order valence-corrected chi connectivity index (χ0v) is 10.7. The second kappa shape index (κ2) is 5.01. The topological polar surface area (TPSA) is 38.7 Å². The van der Waals surface area contributed by atoms with Crippen LogP contribution in [0, 0.1) is 0 Å². The molecule has 2 aromatic heterocycles. The molecule has 0 aliphatic heterocycles. The Balaban J connectivity index is 0.000000606. The molecule has 0 atom stereocenters. The van der Waals surface area contributed by atoms with Crippen molar-refractivity contribution in [1.82, 2.24) is 15.2 Å². The first kappa shape index (κ1) is 12.6. The second-order valence-electron chi connectivity index (χ2n) is 4.37. The van der Waals surface area contributed by atoms with E-state index in [4.69, 9.17) is 0 Å². The number of fused-ring (bicyclic) bond motifs is 1. The van der Waals surface area contributed by atoms with E-state index >= 15 is 0 Å². The van der Waals surface area contributed by atoms with Crippen molar-refractivity contribution in [2.75, 3.05) is 0 Å². The van der Waals surface area contributed by atoms with Crippen LogP contribution in [-0.2, 0) is 5.41 Å². The molecule has 0 radical (unpaired) electrons. The smallest absolute Gasteiger partial charge is 0.115 e. The summed E-state index contributed by atoms with van der Waals surface area (Å²) >= 11 is 0. The normalized spacial score (nSPS) is 10.8. The van der Waals surface area contributed by atoms with Crippen LogP contribution in [0.3, 0.4) is 0 Å². The number of hydrogen-bond acceptors (Lipinski definition) is 3. The van der Waals surface area contributed by atoms with E-state index in [1.54, 1.807) is 6.20 Å². The van der Waals surface area contributed by atoms with Gasteiger partial charge in [-0.3, -0.25) is 4.98 Å². The number of aromatic nitrogens is 3. The van der Waals surface area contributed by atoms with Crippen LogP contribution in [0.25, 0.3) is 11.0 Å². The predicted octanol–water partition coefficient (Wildman–Crippen LogP) is 3.35. The summed E-state index contributed by atoms with van der Waals surface area (Å²) in [4.78, 5) is 4.25. The van der Waals surface area contributed by atoms with E-state index in [1.165, 1.54) is 5.56 Å². The summed E-state index contributed by atoms with van der Waals surface area (Å²) in [6.07, 6.45) is 3.49. The number of hydrogen-bond donors (Lipinski definition) is 0. The molecule has 0 amide bonds. The zero-order valence-electron chi connectivity index (χ0n) is 10.7. The quantitative estimate of drug-likeness (QED) is 0.679. The van der Waals surface area contributed by atoms with E-state index in [1.807, 2.05) is 32.2 Å². The van der Waals surface area contributed by atoms with Crippen LogP contribution in [0.1, 0.15) is 40.2 Å². The highest BCUT2D eigenvalue weighted by Crippen LogP contribution is 2.26. The third-order valence-electron chi connectivity index (χ3n) is 2.22. The lowest BCUT2D eigenvalue weighted by molar-refractivity contribution is 0.593. The van der Waals surface area contributed by atoms with Gasteiger partial charge in [-0.15, -0.1) is 5.10 Å². The largest absolute Gasteiger partial charge is 0.254 e. The van der Waals surface area contributed by atoms with Crippen molar-refractivity contribution in [3.63, 3.8) is 0 Å². The molecule has 0 saturated heterocycles. The van der Waals surface area contributed by atoms with Gasteiger partial charge in [0.2, 0.25) is 0 Å². The Labute approximate surface area is 96.9 Å². The summed E-state index contributed by atoms with van der Waals surface area (Å²) < 4.78 is 0.